The van der Waals surface area contributed by atoms with E-state index in [1.807, 2.05) is 37.3 Å². The SMILES string of the molecule is C=C(C(=O)NC(C)c1ccccc1)C(=O)OCC. The van der Waals surface area contributed by atoms with Crippen LogP contribution in [-0.2, 0) is 14.3 Å². The Kier molecular flexibility index (Phi) is 5.11. The normalized spacial score (nSPS) is 11.4. The molecular formula is C14H17NO3. The third-order valence-electron chi connectivity index (χ3n) is 2.44. The van der Waals surface area contributed by atoms with Crippen molar-refractivity contribution in [3.8, 4) is 0 Å². The Balaban J connectivity index is 2.60. The molecule has 1 unspecified atom stereocenters. The molecule has 0 aliphatic rings. The third kappa shape index (κ3) is 3.73. The van der Waals surface area contributed by atoms with Gasteiger partial charge in [0.2, 0.25) is 0 Å². The van der Waals surface area contributed by atoms with Crippen molar-refractivity contribution in [1.82, 2.24) is 5.32 Å². The van der Waals surface area contributed by atoms with Gasteiger partial charge in [0.25, 0.3) is 5.91 Å². The molecule has 4 nitrogen and oxygen atoms in total. The van der Waals surface area contributed by atoms with Crippen LogP contribution in [0, 0.1) is 0 Å². The smallest absolute Gasteiger partial charge is 0.343 e. The third-order valence-corrected chi connectivity index (χ3v) is 2.44. The van der Waals surface area contributed by atoms with Gasteiger partial charge in [-0.3, -0.25) is 4.79 Å². The van der Waals surface area contributed by atoms with Crippen molar-refractivity contribution in [2.75, 3.05) is 6.61 Å². The Morgan fingerprint density at radius 1 is 1.33 bits per heavy atom. The lowest BCUT2D eigenvalue weighted by Crippen LogP contribution is -2.31. The fourth-order valence-corrected chi connectivity index (χ4v) is 1.42. The maximum atomic E-state index is 11.7. The molecular weight excluding hydrogens is 230 g/mol. The van der Waals surface area contributed by atoms with Gasteiger partial charge >= 0.3 is 5.97 Å². The van der Waals surface area contributed by atoms with Crippen molar-refractivity contribution >= 4 is 11.9 Å². The highest BCUT2D eigenvalue weighted by Crippen LogP contribution is 2.11. The zero-order chi connectivity index (χ0) is 13.5. The first-order chi connectivity index (χ1) is 8.56. The second kappa shape index (κ2) is 6.59. The van der Waals surface area contributed by atoms with Crippen molar-refractivity contribution in [2.45, 2.75) is 19.9 Å². The second-order valence-electron chi connectivity index (χ2n) is 3.80. The van der Waals surface area contributed by atoms with Crippen molar-refractivity contribution < 1.29 is 14.3 Å². The van der Waals surface area contributed by atoms with Gasteiger partial charge in [-0.05, 0) is 19.4 Å². The molecule has 1 amide bonds. The first kappa shape index (κ1) is 14.0. The van der Waals surface area contributed by atoms with Crippen LogP contribution in [0.1, 0.15) is 25.5 Å². The van der Waals surface area contributed by atoms with Gasteiger partial charge in [-0.1, -0.05) is 36.9 Å². The van der Waals surface area contributed by atoms with E-state index < -0.39 is 11.9 Å². The molecule has 0 saturated heterocycles. The summed E-state index contributed by atoms with van der Waals surface area (Å²) in [4.78, 5) is 23.1. The Hall–Kier alpha value is -2.10. The summed E-state index contributed by atoms with van der Waals surface area (Å²) in [5.41, 5.74) is 0.780. The summed E-state index contributed by atoms with van der Waals surface area (Å²) >= 11 is 0. The molecule has 1 rings (SSSR count). The Morgan fingerprint density at radius 3 is 2.50 bits per heavy atom. The largest absolute Gasteiger partial charge is 0.462 e. The predicted molar refractivity (Wildman–Crippen MR) is 68.8 cm³/mol. The van der Waals surface area contributed by atoms with Crippen molar-refractivity contribution in [2.24, 2.45) is 0 Å². The van der Waals surface area contributed by atoms with Gasteiger partial charge in [0.1, 0.15) is 5.57 Å². The van der Waals surface area contributed by atoms with E-state index >= 15 is 0 Å². The van der Waals surface area contributed by atoms with E-state index in [0.29, 0.717) is 0 Å². The number of ether oxygens (including phenoxy) is 1. The fourth-order valence-electron chi connectivity index (χ4n) is 1.42. The Labute approximate surface area is 107 Å². The number of carbonyl (C=O) groups is 2. The summed E-state index contributed by atoms with van der Waals surface area (Å²) in [5, 5.41) is 2.70. The summed E-state index contributed by atoms with van der Waals surface area (Å²) in [6, 6.07) is 9.28. The summed E-state index contributed by atoms with van der Waals surface area (Å²) in [6.07, 6.45) is 0. The van der Waals surface area contributed by atoms with Crippen molar-refractivity contribution in [3.05, 3.63) is 48.0 Å². The first-order valence-corrected chi connectivity index (χ1v) is 5.78. The fraction of sp³-hybridized carbons (Fsp3) is 0.286. The molecule has 0 heterocycles. The van der Waals surface area contributed by atoms with Gasteiger partial charge < -0.3 is 10.1 Å². The summed E-state index contributed by atoms with van der Waals surface area (Å²) in [5.74, 6) is -1.19. The lowest BCUT2D eigenvalue weighted by atomic mass is 10.1. The molecule has 1 aromatic carbocycles. The molecule has 1 aromatic rings. The standard InChI is InChI=1S/C14H17NO3/c1-4-18-14(17)10(2)13(16)15-11(3)12-8-6-5-7-9-12/h5-9,11H,2,4H2,1,3H3,(H,15,16). The molecule has 0 spiro atoms. The molecule has 0 fully saturated rings. The molecule has 1 atom stereocenters. The first-order valence-electron chi connectivity index (χ1n) is 5.78. The number of esters is 1. The molecule has 4 heteroatoms. The molecule has 96 valence electrons. The highest BCUT2D eigenvalue weighted by atomic mass is 16.5. The lowest BCUT2D eigenvalue weighted by Gasteiger charge is -2.14. The average Bonchev–Trinajstić information content (AvgIpc) is 2.39. The van der Waals surface area contributed by atoms with Gasteiger partial charge in [-0.15, -0.1) is 0 Å². The second-order valence-corrected chi connectivity index (χ2v) is 3.80. The molecule has 0 bridgehead atoms. The molecule has 1 N–H and O–H groups in total. The lowest BCUT2D eigenvalue weighted by molar-refractivity contribution is -0.140. The van der Waals surface area contributed by atoms with Crippen LogP contribution in [0.2, 0.25) is 0 Å². The van der Waals surface area contributed by atoms with Crippen LogP contribution in [0.4, 0.5) is 0 Å². The minimum absolute atomic E-state index is 0.181. The molecule has 0 aliphatic carbocycles. The number of hydrogen-bond donors (Lipinski definition) is 1. The highest BCUT2D eigenvalue weighted by Gasteiger charge is 2.18. The maximum Gasteiger partial charge on any atom is 0.343 e. The number of carbonyl (C=O) groups excluding carboxylic acids is 2. The van der Waals surface area contributed by atoms with Gasteiger partial charge in [0, 0.05) is 0 Å². The van der Waals surface area contributed by atoms with Crippen LogP contribution in [0.5, 0.6) is 0 Å². The van der Waals surface area contributed by atoms with E-state index in [4.69, 9.17) is 4.74 Å². The van der Waals surface area contributed by atoms with Gasteiger partial charge in [0.15, 0.2) is 0 Å². The van der Waals surface area contributed by atoms with E-state index in [2.05, 4.69) is 11.9 Å². The maximum absolute atomic E-state index is 11.7. The molecule has 0 radical (unpaired) electrons. The molecule has 18 heavy (non-hydrogen) atoms. The minimum Gasteiger partial charge on any atom is -0.462 e. The average molecular weight is 247 g/mol. The molecule has 0 aliphatic heterocycles. The van der Waals surface area contributed by atoms with E-state index in [1.165, 1.54) is 0 Å². The number of rotatable bonds is 5. The monoisotopic (exact) mass is 247 g/mol. The van der Waals surface area contributed by atoms with Crippen LogP contribution >= 0.6 is 0 Å². The number of amides is 1. The Bertz CT molecular complexity index is 440. The van der Waals surface area contributed by atoms with Crippen molar-refractivity contribution in [1.29, 1.82) is 0 Å². The van der Waals surface area contributed by atoms with Crippen LogP contribution in [0.15, 0.2) is 42.5 Å². The van der Waals surface area contributed by atoms with Crippen LogP contribution in [0.25, 0.3) is 0 Å². The number of nitrogens with one attached hydrogen (secondary N) is 1. The summed E-state index contributed by atoms with van der Waals surface area (Å²) in [7, 11) is 0. The van der Waals surface area contributed by atoms with Crippen LogP contribution in [-0.4, -0.2) is 18.5 Å². The highest BCUT2D eigenvalue weighted by molar-refractivity contribution is 6.15. The van der Waals surface area contributed by atoms with E-state index in [0.717, 1.165) is 5.56 Å². The minimum atomic E-state index is -0.685. The topological polar surface area (TPSA) is 55.4 Å². The van der Waals surface area contributed by atoms with Crippen molar-refractivity contribution in [3.63, 3.8) is 0 Å². The van der Waals surface area contributed by atoms with E-state index in [-0.39, 0.29) is 18.2 Å². The van der Waals surface area contributed by atoms with Crippen LogP contribution in [0.3, 0.4) is 0 Å². The summed E-state index contributed by atoms with van der Waals surface area (Å²) in [6.45, 7) is 7.17. The molecule has 0 saturated carbocycles. The number of hydrogen-bond acceptors (Lipinski definition) is 3. The zero-order valence-electron chi connectivity index (χ0n) is 10.6. The zero-order valence-corrected chi connectivity index (χ0v) is 10.6. The summed E-state index contributed by atoms with van der Waals surface area (Å²) < 4.78 is 4.71. The van der Waals surface area contributed by atoms with Crippen LogP contribution < -0.4 is 5.32 Å². The van der Waals surface area contributed by atoms with Gasteiger partial charge in [0.05, 0.1) is 12.6 Å². The predicted octanol–water partition coefficient (Wildman–Crippen LogP) is 1.98. The van der Waals surface area contributed by atoms with Gasteiger partial charge in [-0.2, -0.15) is 0 Å². The van der Waals surface area contributed by atoms with Gasteiger partial charge in [-0.25, -0.2) is 4.79 Å². The quantitative estimate of drug-likeness (QED) is 0.374. The number of benzene rings is 1. The van der Waals surface area contributed by atoms with E-state index in [9.17, 15) is 9.59 Å². The molecule has 0 aromatic heterocycles. The van der Waals surface area contributed by atoms with E-state index in [1.54, 1.807) is 6.92 Å². The Morgan fingerprint density at radius 2 is 1.94 bits per heavy atom.